The molecule has 10 heteroatoms. The second-order valence-corrected chi connectivity index (χ2v) is 10.8. The highest BCUT2D eigenvalue weighted by atomic mass is 19.1. The molecule has 0 bridgehead atoms. The zero-order chi connectivity index (χ0) is 26.1. The van der Waals surface area contributed by atoms with Crippen LogP contribution in [0.5, 0.6) is 0 Å². The third-order valence-electron chi connectivity index (χ3n) is 6.81. The Balaban J connectivity index is 1.35. The van der Waals surface area contributed by atoms with Crippen LogP contribution in [0.3, 0.4) is 0 Å². The number of alkyl halides is 1. The van der Waals surface area contributed by atoms with E-state index in [2.05, 4.69) is 26.3 Å². The van der Waals surface area contributed by atoms with Gasteiger partial charge in [-0.05, 0) is 51.7 Å². The number of nitrogens with zero attached hydrogens (tertiary/aromatic N) is 5. The van der Waals surface area contributed by atoms with Gasteiger partial charge in [0.25, 0.3) is 0 Å². The molecule has 2 amide bonds. The van der Waals surface area contributed by atoms with Crippen LogP contribution in [0, 0.1) is 17.2 Å². The molecule has 9 nitrogen and oxygen atoms in total. The molecule has 4 rings (SSSR count). The fourth-order valence-electron chi connectivity index (χ4n) is 4.88. The number of anilines is 1. The van der Waals surface area contributed by atoms with E-state index in [0.717, 1.165) is 5.69 Å². The number of carbonyl (C=O) groups is 2. The van der Waals surface area contributed by atoms with Crippen molar-refractivity contribution in [2.75, 3.05) is 31.1 Å². The van der Waals surface area contributed by atoms with Crippen molar-refractivity contribution in [3.05, 3.63) is 30.1 Å². The summed E-state index contributed by atoms with van der Waals surface area (Å²) in [5, 5.41) is 12.4. The molecule has 192 valence electrons. The van der Waals surface area contributed by atoms with E-state index in [1.165, 1.54) is 4.90 Å². The second-order valence-electron chi connectivity index (χ2n) is 10.8. The zero-order valence-electron chi connectivity index (χ0n) is 21.3. The number of amides is 2. The van der Waals surface area contributed by atoms with Crippen LogP contribution in [0.4, 0.5) is 14.9 Å². The minimum atomic E-state index is -1.65. The number of aromatic nitrogens is 2. The fraction of sp³-hybridized carbons (Fsp3) is 0.577. The van der Waals surface area contributed by atoms with E-state index >= 15 is 4.39 Å². The Kier molecular flexibility index (Phi) is 7.03. The van der Waals surface area contributed by atoms with Crippen molar-refractivity contribution < 1.29 is 18.7 Å². The summed E-state index contributed by atoms with van der Waals surface area (Å²) in [7, 11) is 0. The Bertz CT molecular complexity index is 1180. The summed E-state index contributed by atoms with van der Waals surface area (Å²) in [4.78, 5) is 37.5. The van der Waals surface area contributed by atoms with Gasteiger partial charge in [0.15, 0.2) is 0 Å². The van der Waals surface area contributed by atoms with Gasteiger partial charge in [-0.15, -0.1) is 0 Å². The van der Waals surface area contributed by atoms with E-state index < -0.39 is 17.4 Å². The number of rotatable bonds is 4. The molecule has 0 saturated carbocycles. The van der Waals surface area contributed by atoms with Crippen LogP contribution < -0.4 is 10.2 Å². The number of hydrogen-bond acceptors (Lipinski definition) is 7. The quantitative estimate of drug-likeness (QED) is 0.689. The Morgan fingerprint density at radius 1 is 1.19 bits per heavy atom. The van der Waals surface area contributed by atoms with Gasteiger partial charge in [-0.1, -0.05) is 6.92 Å². The maximum absolute atomic E-state index is 15.5. The van der Waals surface area contributed by atoms with E-state index in [1.807, 2.05) is 13.0 Å². The first-order valence-corrected chi connectivity index (χ1v) is 12.3. The number of ether oxygens (including phenoxy) is 1. The van der Waals surface area contributed by atoms with E-state index in [9.17, 15) is 14.9 Å². The molecule has 0 aliphatic carbocycles. The lowest BCUT2D eigenvalue weighted by Gasteiger charge is -2.37. The van der Waals surface area contributed by atoms with Gasteiger partial charge < -0.3 is 19.9 Å². The van der Waals surface area contributed by atoms with Gasteiger partial charge >= 0.3 is 6.09 Å². The van der Waals surface area contributed by atoms with Crippen LogP contribution >= 0.6 is 0 Å². The number of nitrogens with one attached hydrogen (secondary N) is 1. The zero-order valence-corrected chi connectivity index (χ0v) is 21.3. The second kappa shape index (κ2) is 9.88. The highest BCUT2D eigenvalue weighted by Gasteiger charge is 2.40. The minimum Gasteiger partial charge on any atom is -0.444 e. The molecule has 1 aromatic heterocycles. The molecule has 1 N–H and O–H groups in total. The molecule has 2 aliphatic heterocycles. The molecule has 2 atom stereocenters. The van der Waals surface area contributed by atoms with E-state index in [-0.39, 0.29) is 50.2 Å². The Hall–Kier alpha value is -3.48. The first-order valence-electron chi connectivity index (χ1n) is 12.3. The van der Waals surface area contributed by atoms with E-state index in [1.54, 1.807) is 39.2 Å². The van der Waals surface area contributed by atoms with Crippen molar-refractivity contribution in [3.8, 4) is 6.07 Å². The van der Waals surface area contributed by atoms with Crippen LogP contribution in [-0.4, -0.2) is 70.4 Å². The van der Waals surface area contributed by atoms with Gasteiger partial charge in [0.2, 0.25) is 5.91 Å². The van der Waals surface area contributed by atoms with Crippen LogP contribution in [0.1, 0.15) is 52.5 Å². The number of halogens is 1. The first-order chi connectivity index (χ1) is 17.0. The standard InChI is InChI=1S/C26H33FN6O3/c1-17-15-33(20-6-5-18(14-28)22-23(20)30-10-9-29-22)16-19(17)31-21(34)13-26(27)7-11-32(12-8-26)24(35)36-25(2,3)4/h5-6,9-10,17,19H,7-8,11-13,15-16H2,1-4H3,(H,31,34). The number of nitriles is 1. The normalized spacial score (nSPS) is 21.8. The van der Waals surface area contributed by atoms with E-state index in [0.29, 0.717) is 29.7 Å². The van der Waals surface area contributed by atoms with Gasteiger partial charge in [-0.25, -0.2) is 9.18 Å². The molecule has 36 heavy (non-hydrogen) atoms. The molecular formula is C26H33FN6O3. The molecule has 2 aromatic rings. The fourth-order valence-corrected chi connectivity index (χ4v) is 4.88. The number of carbonyl (C=O) groups excluding carboxylic acids is 2. The summed E-state index contributed by atoms with van der Waals surface area (Å²) in [5.41, 5.74) is 0.263. The summed E-state index contributed by atoms with van der Waals surface area (Å²) in [5.74, 6) is -0.188. The Labute approximate surface area is 210 Å². The van der Waals surface area contributed by atoms with Crippen LogP contribution in [0.25, 0.3) is 11.0 Å². The topological polar surface area (TPSA) is 111 Å². The average Bonchev–Trinajstić information content (AvgIpc) is 3.16. The highest BCUT2D eigenvalue weighted by Crippen LogP contribution is 2.33. The van der Waals surface area contributed by atoms with Crippen molar-refractivity contribution in [3.63, 3.8) is 0 Å². The van der Waals surface area contributed by atoms with Crippen LogP contribution in [0.15, 0.2) is 24.5 Å². The van der Waals surface area contributed by atoms with Gasteiger partial charge in [-0.2, -0.15) is 5.26 Å². The van der Waals surface area contributed by atoms with Crippen molar-refractivity contribution in [2.45, 2.75) is 64.3 Å². The summed E-state index contributed by atoms with van der Waals surface area (Å²) in [6.45, 7) is 9.11. The van der Waals surface area contributed by atoms with Crippen molar-refractivity contribution in [1.29, 1.82) is 5.26 Å². The number of hydrogen-bond donors (Lipinski definition) is 1. The van der Waals surface area contributed by atoms with Crippen molar-refractivity contribution >= 4 is 28.7 Å². The average molecular weight is 497 g/mol. The number of fused-ring (bicyclic) bond motifs is 1. The number of likely N-dealkylation sites (tertiary alicyclic amines) is 1. The van der Waals surface area contributed by atoms with Crippen LogP contribution in [0.2, 0.25) is 0 Å². The van der Waals surface area contributed by atoms with Gasteiger partial charge in [0, 0.05) is 38.6 Å². The van der Waals surface area contributed by atoms with Crippen molar-refractivity contribution in [2.24, 2.45) is 5.92 Å². The van der Waals surface area contributed by atoms with Gasteiger partial charge in [0.05, 0.1) is 23.7 Å². The summed E-state index contributed by atoms with van der Waals surface area (Å²) >= 11 is 0. The molecular weight excluding hydrogens is 463 g/mol. The van der Waals surface area contributed by atoms with Crippen molar-refractivity contribution in [1.82, 2.24) is 20.2 Å². The molecule has 3 heterocycles. The maximum atomic E-state index is 15.5. The summed E-state index contributed by atoms with van der Waals surface area (Å²) < 4.78 is 20.8. The maximum Gasteiger partial charge on any atom is 0.410 e. The molecule has 1 aromatic carbocycles. The smallest absolute Gasteiger partial charge is 0.410 e. The van der Waals surface area contributed by atoms with Crippen LogP contribution in [-0.2, 0) is 9.53 Å². The SMILES string of the molecule is CC1CN(c2ccc(C#N)c3nccnc23)CC1NC(=O)CC1(F)CCN(C(=O)OC(C)(C)C)CC1. The third-order valence-corrected chi connectivity index (χ3v) is 6.81. The molecule has 2 unspecified atom stereocenters. The summed E-state index contributed by atoms with van der Waals surface area (Å²) in [6, 6.07) is 5.60. The molecule has 2 fully saturated rings. The largest absolute Gasteiger partial charge is 0.444 e. The predicted octanol–water partition coefficient (Wildman–Crippen LogP) is 3.57. The lowest BCUT2D eigenvalue weighted by molar-refractivity contribution is -0.125. The number of piperidine rings is 1. The highest BCUT2D eigenvalue weighted by molar-refractivity contribution is 5.92. The molecule has 2 aliphatic rings. The Morgan fingerprint density at radius 3 is 2.50 bits per heavy atom. The van der Waals surface area contributed by atoms with Gasteiger partial charge in [-0.3, -0.25) is 14.8 Å². The monoisotopic (exact) mass is 496 g/mol. The molecule has 2 saturated heterocycles. The lowest BCUT2D eigenvalue weighted by atomic mass is 9.89. The molecule has 0 radical (unpaired) electrons. The predicted molar refractivity (Wildman–Crippen MR) is 133 cm³/mol. The minimum absolute atomic E-state index is 0.0991. The summed E-state index contributed by atoms with van der Waals surface area (Å²) in [6.07, 6.45) is 2.68. The van der Waals surface area contributed by atoms with E-state index in [4.69, 9.17) is 4.74 Å². The molecule has 0 spiro atoms. The lowest BCUT2D eigenvalue weighted by Crippen LogP contribution is -2.49. The third kappa shape index (κ3) is 5.66. The van der Waals surface area contributed by atoms with Gasteiger partial charge in [0.1, 0.15) is 28.4 Å². The number of benzene rings is 1. The Morgan fingerprint density at radius 2 is 1.86 bits per heavy atom. The first kappa shape index (κ1) is 25.6.